The van der Waals surface area contributed by atoms with Crippen LogP contribution in [-0.2, 0) is 9.53 Å². The molecule has 0 saturated carbocycles. The Hall–Kier alpha value is -1.99. The van der Waals surface area contributed by atoms with Gasteiger partial charge in [-0.25, -0.2) is 9.18 Å². The molecule has 0 spiro atoms. The van der Waals surface area contributed by atoms with Crippen LogP contribution in [0.2, 0.25) is 0 Å². The molecule has 2 rings (SSSR count). The Labute approximate surface area is 114 Å². The fourth-order valence-corrected chi connectivity index (χ4v) is 2.00. The molecule has 1 heterocycles. The van der Waals surface area contributed by atoms with Gasteiger partial charge in [0.25, 0.3) is 0 Å². The van der Waals surface area contributed by atoms with Crippen molar-refractivity contribution in [2.45, 2.75) is 12.5 Å². The average molecular weight is 282 g/mol. The van der Waals surface area contributed by atoms with Crippen LogP contribution in [0.15, 0.2) is 18.2 Å². The molecular formula is C13H15FN2O4. The van der Waals surface area contributed by atoms with E-state index in [1.54, 1.807) is 0 Å². The second kappa shape index (κ2) is 6.44. The highest BCUT2D eigenvalue weighted by Gasteiger charge is 2.20. The van der Waals surface area contributed by atoms with Crippen LogP contribution in [0.4, 0.5) is 10.1 Å². The zero-order valence-electron chi connectivity index (χ0n) is 10.7. The number of anilines is 1. The minimum absolute atomic E-state index is 0.0498. The summed E-state index contributed by atoms with van der Waals surface area (Å²) < 4.78 is 18.8. The number of rotatable bonds is 4. The molecule has 7 heteroatoms. The summed E-state index contributed by atoms with van der Waals surface area (Å²) in [4.78, 5) is 22.8. The van der Waals surface area contributed by atoms with Crippen LogP contribution < -0.4 is 10.6 Å². The lowest BCUT2D eigenvalue weighted by Gasteiger charge is -2.23. The maximum Gasteiger partial charge on any atom is 0.340 e. The van der Waals surface area contributed by atoms with Crippen molar-refractivity contribution in [3.63, 3.8) is 0 Å². The molecule has 0 aliphatic carbocycles. The van der Waals surface area contributed by atoms with Crippen molar-refractivity contribution < 1.29 is 23.8 Å². The second-order valence-electron chi connectivity index (χ2n) is 4.42. The van der Waals surface area contributed by atoms with Crippen molar-refractivity contribution in [3.05, 3.63) is 29.6 Å². The van der Waals surface area contributed by atoms with Crippen molar-refractivity contribution >= 4 is 17.6 Å². The maximum atomic E-state index is 13.4. The van der Waals surface area contributed by atoms with Gasteiger partial charge in [-0.3, -0.25) is 4.79 Å². The van der Waals surface area contributed by atoms with E-state index in [0.29, 0.717) is 13.2 Å². The number of nitrogens with one attached hydrogen (secondary N) is 2. The average Bonchev–Trinajstić information content (AvgIpc) is 2.39. The summed E-state index contributed by atoms with van der Waals surface area (Å²) in [6.45, 7) is 1.83. The minimum Gasteiger partial charge on any atom is -0.478 e. The van der Waals surface area contributed by atoms with Crippen LogP contribution in [0.25, 0.3) is 0 Å². The molecule has 1 aliphatic rings. The fraction of sp³-hybridized carbons (Fsp3) is 0.385. The summed E-state index contributed by atoms with van der Waals surface area (Å²) in [6, 6.07) is 3.73. The van der Waals surface area contributed by atoms with Gasteiger partial charge in [0.2, 0.25) is 5.91 Å². The molecule has 1 atom stereocenters. The number of hydrogen-bond donors (Lipinski definition) is 3. The van der Waals surface area contributed by atoms with Gasteiger partial charge in [0.1, 0.15) is 11.4 Å². The molecule has 1 amide bonds. The second-order valence-corrected chi connectivity index (χ2v) is 4.42. The number of ether oxygens (including phenoxy) is 1. The van der Waals surface area contributed by atoms with Gasteiger partial charge in [-0.05, 0) is 12.1 Å². The summed E-state index contributed by atoms with van der Waals surface area (Å²) >= 11 is 0. The molecular weight excluding hydrogens is 267 g/mol. The number of morpholine rings is 1. The molecule has 0 aromatic heterocycles. The van der Waals surface area contributed by atoms with E-state index in [-0.39, 0.29) is 18.2 Å². The fourth-order valence-electron chi connectivity index (χ4n) is 2.00. The van der Waals surface area contributed by atoms with Crippen LogP contribution >= 0.6 is 0 Å². The van der Waals surface area contributed by atoms with Crippen molar-refractivity contribution in [2.24, 2.45) is 0 Å². The molecule has 3 N–H and O–H groups in total. The predicted octanol–water partition coefficient (Wildman–Crippen LogP) is 0.841. The molecule has 1 aromatic rings. The topological polar surface area (TPSA) is 87.7 Å². The number of hydrogen-bond acceptors (Lipinski definition) is 4. The first-order chi connectivity index (χ1) is 9.58. The number of aromatic carboxylic acids is 1. The normalized spacial score (nSPS) is 18.6. The van der Waals surface area contributed by atoms with Gasteiger partial charge >= 0.3 is 5.97 Å². The Morgan fingerprint density at radius 2 is 2.30 bits per heavy atom. The molecule has 108 valence electrons. The van der Waals surface area contributed by atoms with Crippen molar-refractivity contribution in [2.75, 3.05) is 25.0 Å². The van der Waals surface area contributed by atoms with Crippen molar-refractivity contribution in [1.82, 2.24) is 5.32 Å². The predicted molar refractivity (Wildman–Crippen MR) is 69.2 cm³/mol. The van der Waals surface area contributed by atoms with Crippen LogP contribution in [-0.4, -0.2) is 42.8 Å². The van der Waals surface area contributed by atoms with Gasteiger partial charge in [-0.1, -0.05) is 6.07 Å². The third-order valence-electron chi connectivity index (χ3n) is 2.92. The van der Waals surface area contributed by atoms with Gasteiger partial charge < -0.3 is 20.5 Å². The van der Waals surface area contributed by atoms with Gasteiger partial charge in [0.15, 0.2) is 0 Å². The van der Waals surface area contributed by atoms with Gasteiger partial charge in [0, 0.05) is 13.1 Å². The van der Waals surface area contributed by atoms with Gasteiger partial charge in [0.05, 0.1) is 24.8 Å². The first-order valence-corrected chi connectivity index (χ1v) is 6.22. The summed E-state index contributed by atoms with van der Waals surface area (Å²) in [6.07, 6.45) is -0.173. The summed E-state index contributed by atoms with van der Waals surface area (Å²) in [7, 11) is 0. The van der Waals surface area contributed by atoms with E-state index < -0.39 is 23.3 Å². The highest BCUT2D eigenvalue weighted by molar-refractivity contribution is 6.00. The standard InChI is InChI=1S/C13H15FN2O4/c14-9-2-1-3-10(12(9)13(18)19)16-11(17)6-8-7-15-4-5-20-8/h1-3,8,15H,4-7H2,(H,16,17)(H,18,19). The number of carboxylic acid groups (broad SMARTS) is 1. The Morgan fingerprint density at radius 1 is 1.50 bits per heavy atom. The lowest BCUT2D eigenvalue weighted by molar-refractivity contribution is -0.119. The molecule has 1 unspecified atom stereocenters. The number of carbonyl (C=O) groups excluding carboxylic acids is 1. The Bertz CT molecular complexity index is 515. The Morgan fingerprint density at radius 3 is 2.95 bits per heavy atom. The van der Waals surface area contributed by atoms with Gasteiger partial charge in [-0.2, -0.15) is 0 Å². The third kappa shape index (κ3) is 3.52. The zero-order valence-corrected chi connectivity index (χ0v) is 10.7. The maximum absolute atomic E-state index is 13.4. The van der Waals surface area contributed by atoms with E-state index >= 15 is 0 Å². The monoisotopic (exact) mass is 282 g/mol. The lowest BCUT2D eigenvalue weighted by Crippen LogP contribution is -2.40. The van der Waals surface area contributed by atoms with Crippen LogP contribution in [0.3, 0.4) is 0 Å². The number of carbonyl (C=O) groups is 2. The molecule has 1 aromatic carbocycles. The summed E-state index contributed by atoms with van der Waals surface area (Å²) in [5.74, 6) is -2.72. The Kier molecular flexibility index (Phi) is 4.65. The van der Waals surface area contributed by atoms with E-state index in [1.807, 2.05) is 0 Å². The largest absolute Gasteiger partial charge is 0.478 e. The SMILES string of the molecule is O=C(CC1CNCCO1)Nc1cccc(F)c1C(=O)O. The molecule has 1 saturated heterocycles. The highest BCUT2D eigenvalue weighted by atomic mass is 19.1. The third-order valence-corrected chi connectivity index (χ3v) is 2.92. The van der Waals surface area contributed by atoms with Crippen molar-refractivity contribution in [3.8, 4) is 0 Å². The molecule has 0 radical (unpaired) electrons. The number of carboxylic acids is 1. The Balaban J connectivity index is 2.04. The first kappa shape index (κ1) is 14.4. The van der Waals surface area contributed by atoms with E-state index in [2.05, 4.69) is 10.6 Å². The molecule has 0 bridgehead atoms. The van der Waals surface area contributed by atoms with E-state index in [4.69, 9.17) is 9.84 Å². The van der Waals surface area contributed by atoms with Crippen LogP contribution in [0.5, 0.6) is 0 Å². The lowest BCUT2D eigenvalue weighted by atomic mass is 10.1. The number of benzene rings is 1. The van der Waals surface area contributed by atoms with E-state index in [1.165, 1.54) is 12.1 Å². The number of amides is 1. The quantitative estimate of drug-likeness (QED) is 0.761. The van der Waals surface area contributed by atoms with Crippen LogP contribution in [0.1, 0.15) is 16.8 Å². The van der Waals surface area contributed by atoms with Crippen molar-refractivity contribution in [1.29, 1.82) is 0 Å². The smallest absolute Gasteiger partial charge is 0.340 e. The minimum atomic E-state index is -1.42. The van der Waals surface area contributed by atoms with Crippen LogP contribution in [0, 0.1) is 5.82 Å². The molecule has 1 aliphatic heterocycles. The van der Waals surface area contributed by atoms with E-state index in [0.717, 1.165) is 12.6 Å². The molecule has 6 nitrogen and oxygen atoms in total. The number of halogens is 1. The zero-order chi connectivity index (χ0) is 14.5. The first-order valence-electron chi connectivity index (χ1n) is 6.22. The summed E-state index contributed by atoms with van der Waals surface area (Å²) in [5.41, 5.74) is -0.588. The molecule has 20 heavy (non-hydrogen) atoms. The van der Waals surface area contributed by atoms with E-state index in [9.17, 15) is 14.0 Å². The van der Waals surface area contributed by atoms with Gasteiger partial charge in [-0.15, -0.1) is 0 Å². The highest BCUT2D eigenvalue weighted by Crippen LogP contribution is 2.19. The molecule has 1 fully saturated rings. The summed E-state index contributed by atoms with van der Waals surface area (Å²) in [5, 5.41) is 14.5.